The van der Waals surface area contributed by atoms with Crippen LogP contribution in [0.2, 0.25) is 5.02 Å². The lowest BCUT2D eigenvalue weighted by molar-refractivity contribution is 0.590. The van der Waals surface area contributed by atoms with Crippen molar-refractivity contribution in [3.63, 3.8) is 0 Å². The molecule has 0 radical (unpaired) electrons. The monoisotopic (exact) mass is 281 g/mol. The first-order chi connectivity index (χ1) is 9.22. The Balaban J connectivity index is 1.89. The van der Waals surface area contributed by atoms with Crippen molar-refractivity contribution in [2.24, 2.45) is 0 Å². The van der Waals surface area contributed by atoms with Gasteiger partial charge in [0.25, 0.3) is 5.56 Å². The summed E-state index contributed by atoms with van der Waals surface area (Å²) in [5, 5.41) is 11.4. The van der Waals surface area contributed by atoms with Crippen LogP contribution in [0.1, 0.15) is 13.3 Å². The van der Waals surface area contributed by atoms with Gasteiger partial charge in [0.2, 0.25) is 0 Å². The number of nitrogens with zero attached hydrogens (tertiary/aromatic N) is 4. The molecule has 0 saturated heterocycles. The SMILES string of the molecule is CCn1ncc(NCCCn2cccn2)c(Cl)c1=O. The fourth-order valence-corrected chi connectivity index (χ4v) is 1.92. The molecule has 0 aliphatic carbocycles. The van der Waals surface area contributed by atoms with E-state index >= 15 is 0 Å². The Morgan fingerprint density at radius 3 is 2.95 bits per heavy atom. The van der Waals surface area contributed by atoms with Crippen molar-refractivity contribution in [3.8, 4) is 0 Å². The summed E-state index contributed by atoms with van der Waals surface area (Å²) in [7, 11) is 0. The van der Waals surface area contributed by atoms with Crippen molar-refractivity contribution in [2.45, 2.75) is 26.4 Å². The standard InChI is InChI=1S/C12H16ClN5O/c1-2-18-12(19)11(13)10(9-16-18)14-5-3-7-17-8-4-6-15-17/h4,6,8-9,14H,2-3,5,7H2,1H3. The summed E-state index contributed by atoms with van der Waals surface area (Å²) in [4.78, 5) is 11.8. The third kappa shape index (κ3) is 3.35. The Labute approximate surface area is 116 Å². The number of nitrogens with one attached hydrogen (secondary N) is 1. The van der Waals surface area contributed by atoms with Crippen LogP contribution in [-0.2, 0) is 13.1 Å². The molecule has 2 rings (SSSR count). The zero-order valence-corrected chi connectivity index (χ0v) is 11.5. The van der Waals surface area contributed by atoms with Gasteiger partial charge in [0.1, 0.15) is 5.02 Å². The van der Waals surface area contributed by atoms with E-state index in [4.69, 9.17) is 11.6 Å². The van der Waals surface area contributed by atoms with Gasteiger partial charge in [-0.3, -0.25) is 9.48 Å². The van der Waals surface area contributed by atoms with Crippen molar-refractivity contribution >= 4 is 17.3 Å². The zero-order valence-electron chi connectivity index (χ0n) is 10.7. The number of hydrogen-bond acceptors (Lipinski definition) is 4. The molecule has 0 unspecified atom stereocenters. The van der Waals surface area contributed by atoms with Gasteiger partial charge in [-0.2, -0.15) is 10.2 Å². The number of hydrogen-bond donors (Lipinski definition) is 1. The summed E-state index contributed by atoms with van der Waals surface area (Å²) in [5.41, 5.74) is 0.318. The van der Waals surface area contributed by atoms with Crippen LogP contribution in [0.15, 0.2) is 29.5 Å². The van der Waals surface area contributed by atoms with Crippen LogP contribution in [0.4, 0.5) is 5.69 Å². The lowest BCUT2D eigenvalue weighted by Crippen LogP contribution is -2.23. The highest BCUT2D eigenvalue weighted by Gasteiger charge is 2.07. The van der Waals surface area contributed by atoms with Crippen LogP contribution in [0, 0.1) is 0 Å². The summed E-state index contributed by atoms with van der Waals surface area (Å²) in [6.07, 6.45) is 6.13. The zero-order chi connectivity index (χ0) is 13.7. The molecular formula is C12H16ClN5O. The van der Waals surface area contributed by atoms with Gasteiger partial charge in [-0.1, -0.05) is 11.6 Å². The molecule has 2 aromatic rings. The molecule has 2 heterocycles. The summed E-state index contributed by atoms with van der Waals surface area (Å²) in [6.45, 7) is 3.88. The summed E-state index contributed by atoms with van der Waals surface area (Å²) in [5.74, 6) is 0. The summed E-state index contributed by atoms with van der Waals surface area (Å²) < 4.78 is 3.19. The molecule has 0 saturated carbocycles. The van der Waals surface area contributed by atoms with Crippen molar-refractivity contribution in [2.75, 3.05) is 11.9 Å². The number of anilines is 1. The average Bonchev–Trinajstić information content (AvgIpc) is 2.92. The van der Waals surface area contributed by atoms with Gasteiger partial charge in [0.15, 0.2) is 0 Å². The van der Waals surface area contributed by atoms with Gasteiger partial charge in [0, 0.05) is 32.0 Å². The Morgan fingerprint density at radius 1 is 1.42 bits per heavy atom. The average molecular weight is 282 g/mol. The van der Waals surface area contributed by atoms with Crippen LogP contribution in [-0.4, -0.2) is 26.1 Å². The van der Waals surface area contributed by atoms with E-state index in [1.165, 1.54) is 4.68 Å². The minimum Gasteiger partial charge on any atom is -0.382 e. The highest BCUT2D eigenvalue weighted by Crippen LogP contribution is 2.14. The molecule has 0 bridgehead atoms. The molecule has 0 spiro atoms. The van der Waals surface area contributed by atoms with Crippen LogP contribution in [0.5, 0.6) is 0 Å². The quantitative estimate of drug-likeness (QED) is 0.817. The number of aromatic nitrogens is 4. The highest BCUT2D eigenvalue weighted by atomic mass is 35.5. The molecule has 0 aromatic carbocycles. The predicted molar refractivity (Wildman–Crippen MR) is 74.5 cm³/mol. The second kappa shape index (κ2) is 6.38. The maximum Gasteiger partial charge on any atom is 0.287 e. The van der Waals surface area contributed by atoms with E-state index in [0.29, 0.717) is 18.8 Å². The van der Waals surface area contributed by atoms with E-state index in [1.54, 1.807) is 12.4 Å². The molecule has 7 heteroatoms. The Morgan fingerprint density at radius 2 is 2.26 bits per heavy atom. The molecule has 19 heavy (non-hydrogen) atoms. The molecular weight excluding hydrogens is 266 g/mol. The Kier molecular flexibility index (Phi) is 4.57. The smallest absolute Gasteiger partial charge is 0.287 e. The van der Waals surface area contributed by atoms with Gasteiger partial charge in [-0.25, -0.2) is 4.68 Å². The lowest BCUT2D eigenvalue weighted by Gasteiger charge is -2.09. The van der Waals surface area contributed by atoms with Crippen LogP contribution < -0.4 is 10.9 Å². The minimum absolute atomic E-state index is 0.191. The van der Waals surface area contributed by atoms with Gasteiger partial charge in [-0.15, -0.1) is 0 Å². The largest absolute Gasteiger partial charge is 0.382 e. The first-order valence-electron chi connectivity index (χ1n) is 6.19. The first-order valence-corrected chi connectivity index (χ1v) is 6.57. The van der Waals surface area contributed by atoms with E-state index in [1.807, 2.05) is 23.9 Å². The highest BCUT2D eigenvalue weighted by molar-refractivity contribution is 6.32. The van der Waals surface area contributed by atoms with E-state index in [-0.39, 0.29) is 10.6 Å². The molecule has 0 amide bonds. The van der Waals surface area contributed by atoms with E-state index < -0.39 is 0 Å². The maximum absolute atomic E-state index is 11.8. The first kappa shape index (κ1) is 13.6. The van der Waals surface area contributed by atoms with Crippen LogP contribution in [0.25, 0.3) is 0 Å². The number of halogens is 1. The van der Waals surface area contributed by atoms with Crippen molar-refractivity contribution in [3.05, 3.63) is 40.0 Å². The Bertz CT molecular complexity index is 578. The third-order valence-corrected chi connectivity index (χ3v) is 3.09. The second-order valence-electron chi connectivity index (χ2n) is 4.04. The molecule has 6 nitrogen and oxygen atoms in total. The van der Waals surface area contributed by atoms with Gasteiger partial charge < -0.3 is 5.32 Å². The fourth-order valence-electron chi connectivity index (χ4n) is 1.71. The van der Waals surface area contributed by atoms with Gasteiger partial charge >= 0.3 is 0 Å². The summed E-state index contributed by atoms with van der Waals surface area (Å²) in [6, 6.07) is 1.89. The maximum atomic E-state index is 11.8. The minimum atomic E-state index is -0.263. The van der Waals surface area contributed by atoms with Crippen LogP contribution >= 0.6 is 11.6 Å². The fraction of sp³-hybridized carbons (Fsp3) is 0.417. The molecule has 102 valence electrons. The molecule has 0 fully saturated rings. The predicted octanol–water partition coefficient (Wildman–Crippen LogP) is 1.62. The topological polar surface area (TPSA) is 64.7 Å². The number of aryl methyl sites for hydroxylation is 2. The van der Waals surface area contributed by atoms with Crippen molar-refractivity contribution < 1.29 is 0 Å². The molecule has 0 aliphatic rings. The van der Waals surface area contributed by atoms with E-state index in [0.717, 1.165) is 13.0 Å². The van der Waals surface area contributed by atoms with Crippen LogP contribution in [0.3, 0.4) is 0 Å². The third-order valence-electron chi connectivity index (χ3n) is 2.72. The Hall–Kier alpha value is -1.82. The normalized spacial score (nSPS) is 10.6. The lowest BCUT2D eigenvalue weighted by atomic mass is 10.4. The molecule has 2 aromatic heterocycles. The molecule has 1 N–H and O–H groups in total. The van der Waals surface area contributed by atoms with Gasteiger partial charge in [0.05, 0.1) is 11.9 Å². The van der Waals surface area contributed by atoms with E-state index in [2.05, 4.69) is 15.5 Å². The molecule has 0 atom stereocenters. The van der Waals surface area contributed by atoms with Crippen molar-refractivity contribution in [1.29, 1.82) is 0 Å². The second-order valence-corrected chi connectivity index (χ2v) is 4.42. The van der Waals surface area contributed by atoms with E-state index in [9.17, 15) is 4.79 Å². The number of rotatable bonds is 6. The van der Waals surface area contributed by atoms with Crippen molar-refractivity contribution in [1.82, 2.24) is 19.6 Å². The van der Waals surface area contributed by atoms with Gasteiger partial charge in [-0.05, 0) is 19.4 Å². The molecule has 0 aliphatic heterocycles. The summed E-state index contributed by atoms with van der Waals surface area (Å²) >= 11 is 6.00.